The number of carbonyl (C=O) groups is 1. The van der Waals surface area contributed by atoms with Crippen LogP contribution in [0.5, 0.6) is 0 Å². The number of para-hydroxylation sites is 1. The Balaban J connectivity index is 1.41. The van der Waals surface area contributed by atoms with E-state index in [2.05, 4.69) is 10.3 Å². The molecule has 3 nitrogen and oxygen atoms in total. The zero-order chi connectivity index (χ0) is 21.3. The molecule has 2 aromatic carbocycles. The lowest BCUT2D eigenvalue weighted by Crippen LogP contribution is -2.39. The van der Waals surface area contributed by atoms with Crippen LogP contribution in [0.4, 0.5) is 4.39 Å². The van der Waals surface area contributed by atoms with Crippen molar-refractivity contribution in [1.29, 1.82) is 0 Å². The molecule has 156 valence electrons. The number of fused-ring (bicyclic) bond motifs is 1. The number of pyridine rings is 1. The maximum absolute atomic E-state index is 14.1. The van der Waals surface area contributed by atoms with Crippen LogP contribution in [0.15, 0.2) is 48.7 Å². The fraction of sp³-hybridized carbons (Fsp3) is 0.333. The van der Waals surface area contributed by atoms with Gasteiger partial charge in [-0.05, 0) is 80.3 Å². The van der Waals surface area contributed by atoms with Crippen LogP contribution >= 0.6 is 23.2 Å². The van der Waals surface area contributed by atoms with Gasteiger partial charge < -0.3 is 5.32 Å². The number of aromatic nitrogens is 1. The first-order valence-corrected chi connectivity index (χ1v) is 11.0. The van der Waals surface area contributed by atoms with Gasteiger partial charge in [0.2, 0.25) is 0 Å². The molecule has 1 aliphatic carbocycles. The molecule has 0 aliphatic heterocycles. The zero-order valence-electron chi connectivity index (χ0n) is 16.7. The summed E-state index contributed by atoms with van der Waals surface area (Å²) in [6.07, 6.45) is 5.71. The molecule has 1 aromatic heterocycles. The molecule has 0 saturated heterocycles. The first-order valence-electron chi connectivity index (χ1n) is 10.2. The number of hydrogen-bond donors (Lipinski definition) is 1. The van der Waals surface area contributed by atoms with E-state index in [-0.39, 0.29) is 17.8 Å². The summed E-state index contributed by atoms with van der Waals surface area (Å²) in [5.41, 5.74) is 2.08. The Morgan fingerprint density at radius 3 is 2.50 bits per heavy atom. The Morgan fingerprint density at radius 2 is 1.80 bits per heavy atom. The molecule has 0 bridgehead atoms. The summed E-state index contributed by atoms with van der Waals surface area (Å²) in [6, 6.07) is 12.1. The van der Waals surface area contributed by atoms with E-state index in [1.807, 2.05) is 19.1 Å². The number of nitrogens with zero attached hydrogens (tertiary/aromatic N) is 1. The van der Waals surface area contributed by atoms with Crippen LogP contribution in [0, 0.1) is 11.7 Å². The van der Waals surface area contributed by atoms with Gasteiger partial charge in [-0.2, -0.15) is 0 Å². The summed E-state index contributed by atoms with van der Waals surface area (Å²) in [5, 5.41) is 4.89. The lowest BCUT2D eigenvalue weighted by molar-refractivity contribution is 0.0918. The Kier molecular flexibility index (Phi) is 6.26. The molecule has 4 rings (SSSR count). The third-order valence-corrected chi connectivity index (χ3v) is 6.59. The molecular weight excluding hydrogens is 422 g/mol. The molecule has 1 amide bonds. The summed E-state index contributed by atoms with van der Waals surface area (Å²) in [4.78, 5) is 16.8. The van der Waals surface area contributed by atoms with Crippen LogP contribution in [0.25, 0.3) is 10.9 Å². The van der Waals surface area contributed by atoms with Gasteiger partial charge in [0.05, 0.1) is 0 Å². The monoisotopic (exact) mass is 444 g/mol. The van der Waals surface area contributed by atoms with E-state index in [0.29, 0.717) is 33.0 Å². The third-order valence-electron chi connectivity index (χ3n) is 6.16. The number of benzene rings is 2. The highest BCUT2D eigenvalue weighted by atomic mass is 35.5. The maximum Gasteiger partial charge on any atom is 0.251 e. The molecule has 1 atom stereocenters. The predicted molar refractivity (Wildman–Crippen MR) is 120 cm³/mol. The topological polar surface area (TPSA) is 42.0 Å². The molecule has 1 saturated carbocycles. The summed E-state index contributed by atoms with van der Waals surface area (Å²) < 4.78 is 14.1. The second kappa shape index (κ2) is 8.91. The molecule has 1 heterocycles. The highest BCUT2D eigenvalue weighted by molar-refractivity contribution is 6.35. The van der Waals surface area contributed by atoms with Gasteiger partial charge in [-0.1, -0.05) is 35.3 Å². The molecule has 6 heteroatoms. The molecule has 0 spiro atoms. The van der Waals surface area contributed by atoms with Crippen LogP contribution in [0.1, 0.15) is 54.4 Å². The van der Waals surface area contributed by atoms with Crippen LogP contribution < -0.4 is 5.32 Å². The lowest BCUT2D eigenvalue weighted by Gasteiger charge is -2.33. The van der Waals surface area contributed by atoms with Crippen LogP contribution in [0.3, 0.4) is 0 Å². The standard InChI is InChI=1S/C24H23Cl2FN2O/c1-14(29-24(30)17-11-18(25)13-19(26)12-17)15-5-7-16(8-6-15)20-9-10-28-23-21(20)3-2-4-22(23)27/h2-4,9-16H,5-8H2,1H3,(H,29,30)/t14-,15?,16?/m1/s1. The number of amides is 1. The number of hydrogen-bond acceptors (Lipinski definition) is 2. The van der Waals surface area contributed by atoms with Crippen molar-refractivity contribution in [3.63, 3.8) is 0 Å². The number of carbonyl (C=O) groups excluding carboxylic acids is 1. The van der Waals surface area contributed by atoms with Crippen molar-refractivity contribution in [2.75, 3.05) is 0 Å². The van der Waals surface area contributed by atoms with Gasteiger partial charge in [-0.3, -0.25) is 9.78 Å². The molecule has 1 aliphatic rings. The number of nitrogens with one attached hydrogen (secondary N) is 1. The van der Waals surface area contributed by atoms with Gasteiger partial charge in [-0.15, -0.1) is 0 Å². The van der Waals surface area contributed by atoms with Gasteiger partial charge in [-0.25, -0.2) is 4.39 Å². The average Bonchev–Trinajstić information content (AvgIpc) is 2.73. The van der Waals surface area contributed by atoms with Crippen molar-refractivity contribution >= 4 is 40.0 Å². The molecule has 3 aromatic rings. The van der Waals surface area contributed by atoms with E-state index in [1.165, 1.54) is 11.6 Å². The van der Waals surface area contributed by atoms with E-state index in [0.717, 1.165) is 31.1 Å². The first kappa shape index (κ1) is 21.1. The summed E-state index contributed by atoms with van der Waals surface area (Å²) in [7, 11) is 0. The van der Waals surface area contributed by atoms with Crippen molar-refractivity contribution in [1.82, 2.24) is 10.3 Å². The van der Waals surface area contributed by atoms with E-state index in [9.17, 15) is 9.18 Å². The minimum atomic E-state index is -0.277. The smallest absolute Gasteiger partial charge is 0.251 e. The average molecular weight is 445 g/mol. The quantitative estimate of drug-likeness (QED) is 0.481. The van der Waals surface area contributed by atoms with Gasteiger partial charge in [0.25, 0.3) is 5.91 Å². The van der Waals surface area contributed by atoms with Crippen LogP contribution in [-0.2, 0) is 0 Å². The number of halogens is 3. The fourth-order valence-electron chi connectivity index (χ4n) is 4.54. The normalized spacial score (nSPS) is 20.1. The van der Waals surface area contributed by atoms with Crippen molar-refractivity contribution in [2.24, 2.45) is 5.92 Å². The van der Waals surface area contributed by atoms with E-state index >= 15 is 0 Å². The third kappa shape index (κ3) is 4.45. The second-order valence-electron chi connectivity index (χ2n) is 8.07. The summed E-state index contributed by atoms with van der Waals surface area (Å²) in [5.74, 6) is 0.331. The van der Waals surface area contributed by atoms with Crippen molar-refractivity contribution in [3.8, 4) is 0 Å². The second-order valence-corrected chi connectivity index (χ2v) is 8.94. The minimum Gasteiger partial charge on any atom is -0.349 e. The van der Waals surface area contributed by atoms with E-state index < -0.39 is 0 Å². The Morgan fingerprint density at radius 1 is 1.10 bits per heavy atom. The molecule has 1 N–H and O–H groups in total. The minimum absolute atomic E-state index is 0.0443. The highest BCUT2D eigenvalue weighted by Gasteiger charge is 2.28. The Labute approximate surface area is 185 Å². The van der Waals surface area contributed by atoms with E-state index in [1.54, 1.807) is 30.5 Å². The Bertz CT molecular complexity index is 1060. The SMILES string of the molecule is C[C@@H](NC(=O)c1cc(Cl)cc(Cl)c1)C1CCC(c2ccnc3c(F)cccc23)CC1. The molecule has 30 heavy (non-hydrogen) atoms. The van der Waals surface area contributed by atoms with Crippen LogP contribution in [0.2, 0.25) is 10.0 Å². The molecule has 0 radical (unpaired) electrons. The first-order chi connectivity index (χ1) is 14.4. The molecule has 1 fully saturated rings. The lowest BCUT2D eigenvalue weighted by atomic mass is 9.75. The van der Waals surface area contributed by atoms with Crippen LogP contribution in [-0.4, -0.2) is 16.9 Å². The van der Waals surface area contributed by atoms with Crippen molar-refractivity contribution in [3.05, 3.63) is 75.7 Å². The van der Waals surface area contributed by atoms with Gasteiger partial charge in [0, 0.05) is 33.2 Å². The molecule has 0 unspecified atom stereocenters. The van der Waals surface area contributed by atoms with Gasteiger partial charge in [0.1, 0.15) is 11.3 Å². The largest absolute Gasteiger partial charge is 0.349 e. The van der Waals surface area contributed by atoms with Gasteiger partial charge >= 0.3 is 0 Å². The van der Waals surface area contributed by atoms with Gasteiger partial charge in [0.15, 0.2) is 0 Å². The Hall–Kier alpha value is -2.17. The molecular formula is C24H23Cl2FN2O. The fourth-order valence-corrected chi connectivity index (χ4v) is 5.07. The zero-order valence-corrected chi connectivity index (χ0v) is 18.2. The number of rotatable bonds is 4. The summed E-state index contributed by atoms with van der Waals surface area (Å²) in [6.45, 7) is 2.05. The summed E-state index contributed by atoms with van der Waals surface area (Å²) >= 11 is 12.0. The predicted octanol–water partition coefficient (Wildman–Crippen LogP) is 6.77. The maximum atomic E-state index is 14.1. The highest BCUT2D eigenvalue weighted by Crippen LogP contribution is 2.39. The van der Waals surface area contributed by atoms with E-state index in [4.69, 9.17) is 23.2 Å². The van der Waals surface area contributed by atoms with Crippen molar-refractivity contribution < 1.29 is 9.18 Å². The van der Waals surface area contributed by atoms with Crippen molar-refractivity contribution in [2.45, 2.75) is 44.6 Å².